The van der Waals surface area contributed by atoms with E-state index in [9.17, 15) is 9.59 Å². The maximum Gasteiger partial charge on any atom is 0.307 e. The number of piperidine rings is 1. The van der Waals surface area contributed by atoms with Gasteiger partial charge in [0.25, 0.3) is 0 Å². The first-order valence-electron chi connectivity index (χ1n) is 7.28. The minimum atomic E-state index is -0.769. The first-order valence-corrected chi connectivity index (χ1v) is 7.28. The van der Waals surface area contributed by atoms with Crippen LogP contribution >= 0.6 is 12.4 Å². The summed E-state index contributed by atoms with van der Waals surface area (Å²) in [5, 5.41) is 12.0. The Labute approximate surface area is 137 Å². The number of rotatable bonds is 4. The van der Waals surface area contributed by atoms with Crippen molar-refractivity contribution in [1.29, 1.82) is 0 Å². The van der Waals surface area contributed by atoms with Gasteiger partial charge in [0.2, 0.25) is 5.91 Å². The van der Waals surface area contributed by atoms with Gasteiger partial charge in [0.15, 0.2) is 0 Å². The van der Waals surface area contributed by atoms with E-state index in [4.69, 9.17) is 5.11 Å². The number of aliphatic carboxylic acids is 1. The minimum absolute atomic E-state index is 0. The van der Waals surface area contributed by atoms with Crippen LogP contribution < -0.4 is 5.32 Å². The molecule has 1 fully saturated rings. The Morgan fingerprint density at radius 1 is 1.36 bits per heavy atom. The molecule has 0 saturated carbocycles. The molecule has 0 aliphatic carbocycles. The van der Waals surface area contributed by atoms with Crippen LogP contribution in [-0.2, 0) is 9.59 Å². The lowest BCUT2D eigenvalue weighted by molar-refractivity contribution is -0.144. The number of amides is 1. The van der Waals surface area contributed by atoms with Gasteiger partial charge in [0, 0.05) is 12.2 Å². The number of carbonyl (C=O) groups is 2. The van der Waals surface area contributed by atoms with Crippen molar-refractivity contribution in [3.63, 3.8) is 0 Å². The highest BCUT2D eigenvalue weighted by atomic mass is 35.5. The maximum absolute atomic E-state index is 12.1. The van der Waals surface area contributed by atoms with Gasteiger partial charge in [0.05, 0.1) is 12.5 Å². The van der Waals surface area contributed by atoms with Gasteiger partial charge in [0.1, 0.15) is 0 Å². The van der Waals surface area contributed by atoms with Crippen molar-refractivity contribution in [3.8, 4) is 0 Å². The van der Waals surface area contributed by atoms with E-state index in [0.29, 0.717) is 13.0 Å². The number of carboxylic acid groups (broad SMARTS) is 1. The smallest absolute Gasteiger partial charge is 0.307 e. The van der Waals surface area contributed by atoms with Gasteiger partial charge in [-0.05, 0) is 44.9 Å². The summed E-state index contributed by atoms with van der Waals surface area (Å²) in [5.41, 5.74) is 3.01. The number of hydrogen-bond acceptors (Lipinski definition) is 3. The number of halogens is 1. The van der Waals surface area contributed by atoms with Crippen molar-refractivity contribution in [3.05, 3.63) is 29.3 Å². The van der Waals surface area contributed by atoms with Crippen LogP contribution in [0.25, 0.3) is 0 Å². The fourth-order valence-electron chi connectivity index (χ4n) is 2.75. The Kier molecular flexibility index (Phi) is 6.84. The first-order chi connectivity index (χ1) is 9.95. The zero-order valence-corrected chi connectivity index (χ0v) is 13.8. The van der Waals surface area contributed by atoms with Crippen molar-refractivity contribution in [2.24, 2.45) is 5.92 Å². The third-order valence-electron chi connectivity index (χ3n) is 3.88. The van der Waals surface area contributed by atoms with E-state index in [1.807, 2.05) is 36.9 Å². The third kappa shape index (κ3) is 5.00. The normalized spacial score (nSPS) is 18.4. The van der Waals surface area contributed by atoms with E-state index < -0.39 is 5.97 Å². The van der Waals surface area contributed by atoms with Gasteiger partial charge < -0.3 is 10.4 Å². The van der Waals surface area contributed by atoms with E-state index >= 15 is 0 Å². The van der Waals surface area contributed by atoms with E-state index in [1.54, 1.807) is 0 Å². The van der Waals surface area contributed by atoms with Gasteiger partial charge in [-0.25, -0.2) is 0 Å². The zero-order chi connectivity index (χ0) is 15.4. The molecule has 0 aromatic heterocycles. The van der Waals surface area contributed by atoms with Gasteiger partial charge in [-0.2, -0.15) is 0 Å². The molecule has 1 heterocycles. The average molecular weight is 327 g/mol. The predicted molar refractivity (Wildman–Crippen MR) is 88.6 cm³/mol. The van der Waals surface area contributed by atoms with E-state index in [1.165, 1.54) is 0 Å². The second kappa shape index (κ2) is 8.15. The van der Waals surface area contributed by atoms with Crippen LogP contribution in [0.4, 0.5) is 5.69 Å². The highest BCUT2D eigenvalue weighted by Crippen LogP contribution is 2.18. The Morgan fingerprint density at radius 3 is 2.73 bits per heavy atom. The zero-order valence-electron chi connectivity index (χ0n) is 13.0. The van der Waals surface area contributed by atoms with Crippen molar-refractivity contribution < 1.29 is 14.7 Å². The molecule has 122 valence electrons. The summed E-state index contributed by atoms with van der Waals surface area (Å²) in [5.74, 6) is -1.21. The van der Waals surface area contributed by atoms with Crippen LogP contribution in [0.5, 0.6) is 0 Å². The molecule has 2 N–H and O–H groups in total. The van der Waals surface area contributed by atoms with Crippen LogP contribution in [0.2, 0.25) is 0 Å². The van der Waals surface area contributed by atoms with Crippen LogP contribution in [0.1, 0.15) is 24.0 Å². The standard InChI is InChI=1S/C16H22N2O3.ClH/c1-11-5-6-14(12(2)8-11)17-15(19)10-18-7-3-4-13(9-18)16(20)21;/h5-6,8,13H,3-4,7,9-10H2,1-2H3,(H,17,19)(H,20,21);1H. The van der Waals surface area contributed by atoms with Crippen LogP contribution in [0.3, 0.4) is 0 Å². The number of nitrogens with zero attached hydrogens (tertiary/aromatic N) is 1. The summed E-state index contributed by atoms with van der Waals surface area (Å²) in [6.07, 6.45) is 1.53. The summed E-state index contributed by atoms with van der Waals surface area (Å²) in [4.78, 5) is 25.0. The molecule has 1 saturated heterocycles. The molecule has 1 aromatic rings. The highest BCUT2D eigenvalue weighted by Gasteiger charge is 2.26. The number of anilines is 1. The fourth-order valence-corrected chi connectivity index (χ4v) is 2.75. The third-order valence-corrected chi connectivity index (χ3v) is 3.88. The quantitative estimate of drug-likeness (QED) is 0.891. The Morgan fingerprint density at radius 2 is 2.09 bits per heavy atom. The largest absolute Gasteiger partial charge is 0.481 e. The molecular weight excluding hydrogens is 304 g/mol. The monoisotopic (exact) mass is 326 g/mol. The summed E-state index contributed by atoms with van der Waals surface area (Å²) in [6, 6.07) is 5.89. The first kappa shape index (κ1) is 18.5. The number of carboxylic acids is 1. The lowest BCUT2D eigenvalue weighted by Crippen LogP contribution is -2.42. The Balaban J connectivity index is 0.00000242. The molecule has 1 aliphatic heterocycles. The topological polar surface area (TPSA) is 69.6 Å². The van der Waals surface area contributed by atoms with Crippen LogP contribution in [0, 0.1) is 19.8 Å². The van der Waals surface area contributed by atoms with E-state index in [0.717, 1.165) is 29.8 Å². The summed E-state index contributed by atoms with van der Waals surface area (Å²) < 4.78 is 0. The minimum Gasteiger partial charge on any atom is -0.481 e. The van der Waals surface area contributed by atoms with Crippen molar-refractivity contribution in [1.82, 2.24) is 4.90 Å². The summed E-state index contributed by atoms with van der Waals surface area (Å²) in [7, 11) is 0. The number of carbonyl (C=O) groups excluding carboxylic acids is 1. The van der Waals surface area contributed by atoms with E-state index in [-0.39, 0.29) is 30.8 Å². The van der Waals surface area contributed by atoms with Gasteiger partial charge >= 0.3 is 5.97 Å². The predicted octanol–water partition coefficient (Wildman–Crippen LogP) is 2.46. The molecule has 22 heavy (non-hydrogen) atoms. The Hall–Kier alpha value is -1.59. The molecule has 6 heteroatoms. The molecule has 0 bridgehead atoms. The van der Waals surface area contributed by atoms with Crippen LogP contribution in [-0.4, -0.2) is 41.5 Å². The highest BCUT2D eigenvalue weighted by molar-refractivity contribution is 5.93. The molecular formula is C16H23ClN2O3. The maximum atomic E-state index is 12.1. The van der Waals surface area contributed by atoms with Gasteiger partial charge in [-0.3, -0.25) is 14.5 Å². The molecule has 2 rings (SSSR count). The molecule has 1 amide bonds. The molecule has 1 atom stereocenters. The SMILES string of the molecule is Cc1ccc(NC(=O)CN2CCCC(C(=O)O)C2)c(C)c1.Cl. The lowest BCUT2D eigenvalue weighted by Gasteiger charge is -2.30. The second-order valence-electron chi connectivity index (χ2n) is 5.78. The number of hydrogen-bond donors (Lipinski definition) is 2. The number of nitrogens with one attached hydrogen (secondary N) is 1. The summed E-state index contributed by atoms with van der Waals surface area (Å²) in [6.45, 7) is 5.46. The van der Waals surface area contributed by atoms with Gasteiger partial charge in [-0.1, -0.05) is 17.7 Å². The van der Waals surface area contributed by atoms with Crippen LogP contribution in [0.15, 0.2) is 18.2 Å². The molecule has 5 nitrogen and oxygen atoms in total. The number of benzene rings is 1. The molecule has 0 radical (unpaired) electrons. The lowest BCUT2D eigenvalue weighted by atomic mass is 9.98. The molecule has 1 aromatic carbocycles. The van der Waals surface area contributed by atoms with Crippen molar-refractivity contribution in [2.75, 3.05) is 25.0 Å². The average Bonchev–Trinajstić information content (AvgIpc) is 2.42. The molecule has 0 spiro atoms. The van der Waals surface area contributed by atoms with E-state index in [2.05, 4.69) is 5.32 Å². The molecule has 1 unspecified atom stereocenters. The summed E-state index contributed by atoms with van der Waals surface area (Å²) >= 11 is 0. The van der Waals surface area contributed by atoms with Gasteiger partial charge in [-0.15, -0.1) is 12.4 Å². The Bertz CT molecular complexity index is 548. The van der Waals surface area contributed by atoms with Crippen molar-refractivity contribution in [2.45, 2.75) is 26.7 Å². The molecule has 1 aliphatic rings. The van der Waals surface area contributed by atoms with Crippen molar-refractivity contribution >= 4 is 30.0 Å². The number of likely N-dealkylation sites (tertiary alicyclic amines) is 1. The second-order valence-corrected chi connectivity index (χ2v) is 5.78. The fraction of sp³-hybridized carbons (Fsp3) is 0.500. The number of aryl methyl sites for hydroxylation is 2.